The van der Waals surface area contributed by atoms with Gasteiger partial charge in [-0.2, -0.15) is 5.26 Å². The highest BCUT2D eigenvalue weighted by Crippen LogP contribution is 2.13. The second-order valence-electron chi connectivity index (χ2n) is 1.83. The highest BCUT2D eigenvalue weighted by molar-refractivity contribution is 6.29. The number of aromatic nitrogens is 1. The van der Waals surface area contributed by atoms with Crippen LogP contribution in [0.25, 0.3) is 0 Å². The third-order valence-electron chi connectivity index (χ3n) is 1.10. The number of hydrogen-bond acceptors (Lipinski definition) is 2. The smallest absolute Gasteiger partial charge is 0.176 e. The molecule has 4 heteroatoms. The molecular weight excluding hydrogens is 179 g/mol. The lowest BCUT2D eigenvalue weighted by atomic mass is 10.2. The number of hydrogen-bond donors (Lipinski definition) is 0. The first-order valence-corrected chi connectivity index (χ1v) is 3.33. The molecule has 1 rings (SSSR count). The Morgan fingerprint density at radius 2 is 2.33 bits per heavy atom. The van der Waals surface area contributed by atoms with Crippen LogP contribution in [0.5, 0.6) is 0 Å². The fourth-order valence-electron chi connectivity index (χ4n) is 0.610. The molecule has 12 heavy (non-hydrogen) atoms. The second kappa shape index (κ2) is 3.71. The van der Waals surface area contributed by atoms with Gasteiger partial charge in [0.25, 0.3) is 0 Å². The Labute approximate surface area is 73.6 Å². The van der Waals surface area contributed by atoms with Crippen molar-refractivity contribution in [3.05, 3.63) is 28.8 Å². The van der Waals surface area contributed by atoms with Crippen LogP contribution in [0.3, 0.4) is 0 Å². The monoisotopic (exact) mass is 180 g/mol. The summed E-state index contributed by atoms with van der Waals surface area (Å²) in [5, 5.41) is 7.86. The summed E-state index contributed by atoms with van der Waals surface area (Å²) in [5.41, 5.74) is 0.0801. The van der Waals surface area contributed by atoms with Crippen LogP contribution in [0.2, 0.25) is 5.15 Å². The Balaban J connectivity index is 3.19. The van der Waals surface area contributed by atoms with E-state index in [2.05, 4.69) is 16.8 Å². The Morgan fingerprint density at radius 3 is 3.00 bits per heavy atom. The molecule has 0 aliphatic heterocycles. The van der Waals surface area contributed by atoms with Gasteiger partial charge in [-0.15, -0.1) is 0 Å². The highest BCUT2D eigenvalue weighted by atomic mass is 35.5. The Bertz CT molecular complexity index is 398. The average Bonchev–Trinajstić information content (AvgIpc) is 2.08. The molecule has 0 fully saturated rings. The van der Waals surface area contributed by atoms with E-state index in [-0.39, 0.29) is 10.7 Å². The van der Waals surface area contributed by atoms with Crippen LogP contribution >= 0.6 is 11.6 Å². The minimum atomic E-state index is -0.693. The van der Waals surface area contributed by atoms with Crippen molar-refractivity contribution in [2.24, 2.45) is 0 Å². The maximum atomic E-state index is 12.9. The van der Waals surface area contributed by atoms with Crippen molar-refractivity contribution in [3.8, 4) is 17.9 Å². The lowest BCUT2D eigenvalue weighted by Gasteiger charge is -1.93. The number of rotatable bonds is 0. The molecule has 0 radical (unpaired) electrons. The molecule has 0 aromatic carbocycles. The number of nitrogens with zero attached hydrogens (tertiary/aromatic N) is 2. The topological polar surface area (TPSA) is 36.7 Å². The zero-order valence-electron chi connectivity index (χ0n) is 5.81. The van der Waals surface area contributed by atoms with Crippen LogP contribution < -0.4 is 0 Å². The Kier molecular flexibility index (Phi) is 2.63. The van der Waals surface area contributed by atoms with E-state index in [0.717, 1.165) is 0 Å². The zero-order valence-corrected chi connectivity index (χ0v) is 6.56. The van der Waals surface area contributed by atoms with Gasteiger partial charge in [-0.25, -0.2) is 9.37 Å². The molecule has 1 heterocycles. The molecule has 0 aliphatic rings. The maximum Gasteiger partial charge on any atom is 0.176 e. The van der Waals surface area contributed by atoms with Crippen LogP contribution in [0, 0.1) is 29.0 Å². The van der Waals surface area contributed by atoms with Gasteiger partial charge in [-0.05, 0) is 12.0 Å². The maximum absolute atomic E-state index is 12.9. The van der Waals surface area contributed by atoms with Crippen molar-refractivity contribution < 1.29 is 4.39 Å². The molecular formula is C8H2ClFN2. The molecule has 58 valence electrons. The summed E-state index contributed by atoms with van der Waals surface area (Å²) in [4.78, 5) is 3.49. The normalized spacial score (nSPS) is 8.08. The van der Waals surface area contributed by atoms with Crippen LogP contribution in [0.1, 0.15) is 5.56 Å². The van der Waals surface area contributed by atoms with E-state index in [4.69, 9.17) is 16.9 Å². The summed E-state index contributed by atoms with van der Waals surface area (Å²) in [7, 11) is 0. The number of nitriles is 1. The van der Waals surface area contributed by atoms with Crippen LogP contribution in [0.15, 0.2) is 12.3 Å². The van der Waals surface area contributed by atoms with E-state index < -0.39 is 5.82 Å². The summed E-state index contributed by atoms with van der Waals surface area (Å²) >= 11 is 5.36. The minimum Gasteiger partial charge on any atom is -0.241 e. The van der Waals surface area contributed by atoms with Crippen LogP contribution in [0.4, 0.5) is 4.39 Å². The van der Waals surface area contributed by atoms with Gasteiger partial charge in [0.2, 0.25) is 0 Å². The number of halogens is 2. The van der Waals surface area contributed by atoms with Gasteiger partial charge in [0.15, 0.2) is 17.0 Å². The van der Waals surface area contributed by atoms with Crippen molar-refractivity contribution in [2.45, 2.75) is 0 Å². The van der Waals surface area contributed by atoms with Crippen molar-refractivity contribution >= 4 is 11.6 Å². The average molecular weight is 181 g/mol. The summed E-state index contributed by atoms with van der Waals surface area (Å²) in [6.45, 7) is 0. The van der Waals surface area contributed by atoms with E-state index >= 15 is 0 Å². The fraction of sp³-hybridized carbons (Fsp3) is 0. The Morgan fingerprint density at radius 1 is 1.58 bits per heavy atom. The fourth-order valence-corrected chi connectivity index (χ4v) is 0.768. The first-order valence-electron chi connectivity index (χ1n) is 2.96. The lowest BCUT2D eigenvalue weighted by Crippen LogP contribution is -1.87. The third-order valence-corrected chi connectivity index (χ3v) is 1.36. The van der Waals surface area contributed by atoms with E-state index in [1.807, 2.05) is 0 Å². The lowest BCUT2D eigenvalue weighted by molar-refractivity contribution is 0.618. The minimum absolute atomic E-state index is 0.0801. The molecule has 0 aliphatic carbocycles. The third kappa shape index (κ3) is 1.72. The summed E-state index contributed by atoms with van der Waals surface area (Å²) in [5.74, 6) is 3.66. The van der Waals surface area contributed by atoms with Crippen molar-refractivity contribution in [2.75, 3.05) is 0 Å². The molecule has 0 atom stereocenters. The predicted molar refractivity (Wildman–Crippen MR) is 41.7 cm³/mol. The number of pyridine rings is 1. The molecule has 0 saturated heterocycles. The van der Waals surface area contributed by atoms with Gasteiger partial charge in [0, 0.05) is 12.1 Å². The van der Waals surface area contributed by atoms with Gasteiger partial charge in [0.05, 0.1) is 5.56 Å². The molecule has 1 aromatic rings. The molecule has 2 nitrogen and oxygen atoms in total. The Hall–Kier alpha value is -1.58. The van der Waals surface area contributed by atoms with E-state index in [9.17, 15) is 4.39 Å². The van der Waals surface area contributed by atoms with Crippen LogP contribution in [-0.4, -0.2) is 4.98 Å². The zero-order chi connectivity index (χ0) is 8.97. The second-order valence-corrected chi connectivity index (χ2v) is 2.18. The highest BCUT2D eigenvalue weighted by Gasteiger charge is 2.03. The van der Waals surface area contributed by atoms with Gasteiger partial charge in [-0.1, -0.05) is 11.6 Å². The quantitative estimate of drug-likeness (QED) is 0.451. The first-order chi connectivity index (χ1) is 5.75. The molecule has 0 spiro atoms. The summed E-state index contributed by atoms with van der Waals surface area (Å²) in [6.07, 6.45) is 1.33. The predicted octanol–water partition coefficient (Wildman–Crippen LogP) is 1.75. The SMILES string of the molecule is N#CC#Cc1ccnc(Cl)c1F. The molecule has 0 saturated carbocycles. The van der Waals surface area contributed by atoms with E-state index in [0.29, 0.717) is 0 Å². The molecule has 0 bridgehead atoms. The first kappa shape index (κ1) is 8.52. The van der Waals surface area contributed by atoms with Gasteiger partial charge in [0.1, 0.15) is 0 Å². The van der Waals surface area contributed by atoms with Crippen molar-refractivity contribution in [1.29, 1.82) is 5.26 Å². The van der Waals surface area contributed by atoms with Gasteiger partial charge in [-0.3, -0.25) is 0 Å². The molecule has 1 aromatic heterocycles. The van der Waals surface area contributed by atoms with Crippen molar-refractivity contribution in [3.63, 3.8) is 0 Å². The van der Waals surface area contributed by atoms with Gasteiger partial charge >= 0.3 is 0 Å². The standard InChI is InChI=1S/C8H2ClFN2/c9-8-7(10)6(2-1-4-11)3-5-12-8/h3,5H. The van der Waals surface area contributed by atoms with Crippen LogP contribution in [-0.2, 0) is 0 Å². The molecule has 0 N–H and O–H groups in total. The van der Waals surface area contributed by atoms with Crippen molar-refractivity contribution in [1.82, 2.24) is 4.98 Å². The summed E-state index contributed by atoms with van der Waals surface area (Å²) < 4.78 is 12.9. The largest absolute Gasteiger partial charge is 0.241 e. The van der Waals surface area contributed by atoms with E-state index in [1.165, 1.54) is 12.3 Å². The summed E-state index contributed by atoms with van der Waals surface area (Å²) in [6, 6.07) is 2.92. The van der Waals surface area contributed by atoms with E-state index in [1.54, 1.807) is 6.07 Å². The molecule has 0 unspecified atom stereocenters. The van der Waals surface area contributed by atoms with Gasteiger partial charge < -0.3 is 0 Å². The molecule has 0 amide bonds.